The zero-order valence-electron chi connectivity index (χ0n) is 16.5. The highest BCUT2D eigenvalue weighted by atomic mass is 32.1. The van der Waals surface area contributed by atoms with Crippen LogP contribution >= 0.6 is 11.3 Å². The molecular weight excluding hydrogens is 392 g/mol. The van der Waals surface area contributed by atoms with Crippen molar-refractivity contribution in [1.82, 2.24) is 9.88 Å². The van der Waals surface area contributed by atoms with E-state index in [4.69, 9.17) is 9.47 Å². The minimum Gasteiger partial charge on any atom is -0.454 e. The number of benzene rings is 1. The molecule has 2 aliphatic heterocycles. The van der Waals surface area contributed by atoms with Crippen molar-refractivity contribution in [3.8, 4) is 11.5 Å². The van der Waals surface area contributed by atoms with E-state index in [0.29, 0.717) is 28.9 Å². The molecule has 1 fully saturated rings. The molecule has 0 aliphatic carbocycles. The van der Waals surface area contributed by atoms with Crippen LogP contribution in [0.1, 0.15) is 23.4 Å². The van der Waals surface area contributed by atoms with Gasteiger partial charge in [-0.15, -0.1) is 11.3 Å². The lowest BCUT2D eigenvalue weighted by atomic mass is 9.97. The van der Waals surface area contributed by atoms with Crippen molar-refractivity contribution in [1.29, 1.82) is 0 Å². The fraction of sp³-hybridized carbons (Fsp3) is 0.450. The normalized spacial score (nSPS) is 18.5. The number of nitrogens with zero attached hydrogens (tertiary/aromatic N) is 2. The first-order valence-electron chi connectivity index (χ1n) is 9.64. The van der Waals surface area contributed by atoms with E-state index < -0.39 is 0 Å². The van der Waals surface area contributed by atoms with Crippen LogP contribution in [-0.2, 0) is 9.59 Å². The third-order valence-corrected chi connectivity index (χ3v) is 6.15. The SMILES string of the molecule is Cc1nc(NC(=O)CN2CCCC(C(=O)Nc3ccc4c(c3)OCO4)C2)sc1C. The molecule has 29 heavy (non-hydrogen) atoms. The molecule has 1 saturated heterocycles. The molecule has 1 unspecified atom stereocenters. The lowest BCUT2D eigenvalue weighted by molar-refractivity contribution is -0.123. The Labute approximate surface area is 173 Å². The van der Waals surface area contributed by atoms with Crippen LogP contribution in [0.4, 0.5) is 10.8 Å². The molecule has 2 N–H and O–H groups in total. The van der Waals surface area contributed by atoms with Gasteiger partial charge in [-0.05, 0) is 45.4 Å². The molecule has 2 amide bonds. The van der Waals surface area contributed by atoms with Gasteiger partial charge in [-0.1, -0.05) is 0 Å². The number of hydrogen-bond donors (Lipinski definition) is 2. The van der Waals surface area contributed by atoms with Gasteiger partial charge in [-0.25, -0.2) is 4.98 Å². The van der Waals surface area contributed by atoms with Crippen molar-refractivity contribution >= 4 is 34.0 Å². The predicted molar refractivity (Wildman–Crippen MR) is 111 cm³/mol. The third-order valence-electron chi connectivity index (χ3n) is 5.16. The number of fused-ring (bicyclic) bond motifs is 1. The monoisotopic (exact) mass is 416 g/mol. The molecule has 0 radical (unpaired) electrons. The van der Waals surface area contributed by atoms with Gasteiger partial charge in [0.05, 0.1) is 18.2 Å². The maximum absolute atomic E-state index is 12.7. The zero-order valence-corrected chi connectivity index (χ0v) is 17.3. The standard InChI is InChI=1S/C20H24N4O4S/c1-12-13(2)29-20(21-12)23-18(25)10-24-7-3-4-14(9-24)19(26)22-15-5-6-16-17(8-15)28-11-27-16/h5-6,8,14H,3-4,7,9-11H2,1-2H3,(H,22,26)(H,21,23,25). The Balaban J connectivity index is 1.30. The van der Waals surface area contributed by atoms with Gasteiger partial charge < -0.3 is 20.1 Å². The van der Waals surface area contributed by atoms with E-state index in [2.05, 4.69) is 15.6 Å². The van der Waals surface area contributed by atoms with Crippen molar-refractivity contribution < 1.29 is 19.1 Å². The highest BCUT2D eigenvalue weighted by molar-refractivity contribution is 7.15. The largest absolute Gasteiger partial charge is 0.454 e. The molecule has 2 aliphatic rings. The van der Waals surface area contributed by atoms with Gasteiger partial charge in [-0.3, -0.25) is 14.5 Å². The number of anilines is 2. The molecule has 4 rings (SSSR count). The van der Waals surface area contributed by atoms with Gasteiger partial charge in [0, 0.05) is 23.2 Å². The first-order chi connectivity index (χ1) is 14.0. The fourth-order valence-electron chi connectivity index (χ4n) is 3.52. The van der Waals surface area contributed by atoms with E-state index in [-0.39, 0.29) is 31.1 Å². The summed E-state index contributed by atoms with van der Waals surface area (Å²) >= 11 is 1.47. The number of thiazole rings is 1. The van der Waals surface area contributed by atoms with Crippen molar-refractivity contribution in [2.45, 2.75) is 26.7 Å². The molecule has 0 bridgehead atoms. The van der Waals surface area contributed by atoms with Crippen LogP contribution in [0, 0.1) is 19.8 Å². The molecular formula is C20H24N4O4S. The van der Waals surface area contributed by atoms with E-state index in [9.17, 15) is 9.59 Å². The summed E-state index contributed by atoms with van der Waals surface area (Å²) in [4.78, 5) is 32.5. The number of aromatic nitrogens is 1. The number of rotatable bonds is 5. The van der Waals surface area contributed by atoms with Crippen molar-refractivity contribution in [3.05, 3.63) is 28.8 Å². The average Bonchev–Trinajstić information content (AvgIpc) is 3.27. The predicted octanol–water partition coefficient (Wildman–Crippen LogP) is 2.78. The molecule has 1 atom stereocenters. The van der Waals surface area contributed by atoms with Gasteiger partial charge in [0.15, 0.2) is 16.6 Å². The number of carbonyl (C=O) groups excluding carboxylic acids is 2. The number of ether oxygens (including phenoxy) is 2. The Hall–Kier alpha value is -2.65. The van der Waals surface area contributed by atoms with Gasteiger partial charge in [0.1, 0.15) is 0 Å². The second-order valence-electron chi connectivity index (χ2n) is 7.34. The summed E-state index contributed by atoms with van der Waals surface area (Å²) in [5, 5.41) is 6.44. The van der Waals surface area contributed by atoms with E-state index in [1.165, 1.54) is 11.3 Å². The average molecular weight is 417 g/mol. The summed E-state index contributed by atoms with van der Waals surface area (Å²) in [6.07, 6.45) is 1.68. The number of piperidine rings is 1. The molecule has 8 nitrogen and oxygen atoms in total. The summed E-state index contributed by atoms with van der Waals surface area (Å²) < 4.78 is 10.6. The van der Waals surface area contributed by atoms with Crippen molar-refractivity contribution in [2.24, 2.45) is 5.92 Å². The van der Waals surface area contributed by atoms with Crippen LogP contribution in [0.15, 0.2) is 18.2 Å². The van der Waals surface area contributed by atoms with Gasteiger partial charge in [0.25, 0.3) is 0 Å². The van der Waals surface area contributed by atoms with E-state index in [1.54, 1.807) is 18.2 Å². The smallest absolute Gasteiger partial charge is 0.240 e. The fourth-order valence-corrected chi connectivity index (χ4v) is 4.35. The molecule has 9 heteroatoms. The lowest BCUT2D eigenvalue weighted by Crippen LogP contribution is -2.43. The molecule has 1 aromatic heterocycles. The maximum atomic E-state index is 12.7. The maximum Gasteiger partial charge on any atom is 0.240 e. The van der Waals surface area contributed by atoms with E-state index in [0.717, 1.165) is 30.0 Å². The Morgan fingerprint density at radius 1 is 1.24 bits per heavy atom. The summed E-state index contributed by atoms with van der Waals surface area (Å²) in [6.45, 7) is 5.72. The van der Waals surface area contributed by atoms with E-state index >= 15 is 0 Å². The molecule has 0 saturated carbocycles. The minimum absolute atomic E-state index is 0.0415. The highest BCUT2D eigenvalue weighted by Crippen LogP contribution is 2.34. The first kappa shape index (κ1) is 19.7. The lowest BCUT2D eigenvalue weighted by Gasteiger charge is -2.31. The molecule has 0 spiro atoms. The Kier molecular flexibility index (Phi) is 5.68. The van der Waals surface area contributed by atoms with Gasteiger partial charge in [-0.2, -0.15) is 0 Å². The summed E-state index contributed by atoms with van der Waals surface area (Å²) in [5.41, 5.74) is 1.62. The Morgan fingerprint density at radius 2 is 2.07 bits per heavy atom. The van der Waals surface area contributed by atoms with Crippen molar-refractivity contribution in [3.63, 3.8) is 0 Å². The van der Waals surface area contributed by atoms with Crippen molar-refractivity contribution in [2.75, 3.05) is 37.1 Å². The van der Waals surface area contributed by atoms with Crippen LogP contribution in [0.5, 0.6) is 11.5 Å². The number of amides is 2. The first-order valence-corrected chi connectivity index (χ1v) is 10.5. The van der Waals surface area contributed by atoms with Crippen LogP contribution in [0.3, 0.4) is 0 Å². The van der Waals surface area contributed by atoms with Crippen LogP contribution in [-0.4, -0.2) is 48.1 Å². The number of aryl methyl sites for hydroxylation is 2. The molecule has 2 aromatic rings. The Morgan fingerprint density at radius 3 is 2.86 bits per heavy atom. The number of likely N-dealkylation sites (tertiary alicyclic amines) is 1. The molecule has 3 heterocycles. The Bertz CT molecular complexity index is 910. The third kappa shape index (κ3) is 4.68. The van der Waals surface area contributed by atoms with Crippen LogP contribution in [0.2, 0.25) is 0 Å². The van der Waals surface area contributed by atoms with Crippen LogP contribution < -0.4 is 20.1 Å². The summed E-state index contributed by atoms with van der Waals surface area (Å²) in [6, 6.07) is 5.36. The number of hydrogen-bond acceptors (Lipinski definition) is 7. The number of nitrogens with one attached hydrogen (secondary N) is 2. The minimum atomic E-state index is -0.161. The molecule has 1 aromatic carbocycles. The topological polar surface area (TPSA) is 92.8 Å². The van der Waals surface area contributed by atoms with E-state index in [1.807, 2.05) is 18.7 Å². The zero-order chi connectivity index (χ0) is 20.4. The quantitative estimate of drug-likeness (QED) is 0.779. The second-order valence-corrected chi connectivity index (χ2v) is 8.54. The summed E-state index contributed by atoms with van der Waals surface area (Å²) in [5.74, 6) is 1.02. The highest BCUT2D eigenvalue weighted by Gasteiger charge is 2.27. The summed E-state index contributed by atoms with van der Waals surface area (Å²) in [7, 11) is 0. The molecule has 154 valence electrons. The van der Waals surface area contributed by atoms with Gasteiger partial charge >= 0.3 is 0 Å². The second kappa shape index (κ2) is 8.38. The number of carbonyl (C=O) groups is 2. The van der Waals surface area contributed by atoms with Crippen LogP contribution in [0.25, 0.3) is 0 Å². The van der Waals surface area contributed by atoms with Gasteiger partial charge in [0.2, 0.25) is 18.6 Å².